The summed E-state index contributed by atoms with van der Waals surface area (Å²) in [5.41, 5.74) is 2.33. The van der Waals surface area contributed by atoms with Gasteiger partial charge in [0.15, 0.2) is 16.6 Å². The molecule has 3 rings (SSSR count). The fourth-order valence-electron chi connectivity index (χ4n) is 2.87. The van der Waals surface area contributed by atoms with Gasteiger partial charge >= 0.3 is 0 Å². The van der Waals surface area contributed by atoms with Crippen molar-refractivity contribution in [2.75, 3.05) is 26.2 Å². The zero-order valence-corrected chi connectivity index (χ0v) is 16.9. The van der Waals surface area contributed by atoms with Gasteiger partial charge in [0, 0.05) is 7.05 Å². The van der Waals surface area contributed by atoms with Crippen LogP contribution in [-0.4, -0.2) is 43.1 Å². The molecule has 2 aromatic carbocycles. The van der Waals surface area contributed by atoms with E-state index >= 15 is 0 Å². The number of rotatable bonds is 4. The molecule has 0 spiro atoms. The summed E-state index contributed by atoms with van der Waals surface area (Å²) in [6, 6.07) is 12.6. The lowest BCUT2D eigenvalue weighted by molar-refractivity contribution is -0.127. The molecule has 0 atom stereocenters. The molecule has 0 bridgehead atoms. The summed E-state index contributed by atoms with van der Waals surface area (Å²) in [5, 5.41) is 0.142. The predicted molar refractivity (Wildman–Crippen MR) is 112 cm³/mol. The van der Waals surface area contributed by atoms with Crippen LogP contribution >= 0.6 is 12.2 Å². The molecule has 0 aromatic heterocycles. The first kappa shape index (κ1) is 19.6. The number of benzene rings is 2. The molecule has 144 valence electrons. The quantitative estimate of drug-likeness (QED) is 0.451. The number of ether oxygens (including phenoxy) is 2. The van der Waals surface area contributed by atoms with Crippen molar-refractivity contribution in [3.8, 4) is 11.5 Å². The summed E-state index contributed by atoms with van der Waals surface area (Å²) in [6.45, 7) is 1.96. The van der Waals surface area contributed by atoms with Gasteiger partial charge in [0.05, 0.1) is 19.9 Å². The summed E-state index contributed by atoms with van der Waals surface area (Å²) < 4.78 is 10.5. The van der Waals surface area contributed by atoms with Crippen LogP contribution in [-0.2, 0) is 9.59 Å². The molecule has 6 nitrogen and oxygen atoms in total. The van der Waals surface area contributed by atoms with Crippen LogP contribution in [0.3, 0.4) is 0 Å². The fraction of sp³-hybridized carbons (Fsp3) is 0.190. The van der Waals surface area contributed by atoms with E-state index in [1.165, 1.54) is 23.0 Å². The molecule has 2 aromatic rings. The number of nitrogens with zero attached hydrogens (tertiary/aromatic N) is 2. The third-order valence-electron chi connectivity index (χ3n) is 4.46. The number of hydrogen-bond acceptors (Lipinski definition) is 5. The van der Waals surface area contributed by atoms with Gasteiger partial charge in [-0.2, -0.15) is 0 Å². The molecule has 28 heavy (non-hydrogen) atoms. The first-order valence-electron chi connectivity index (χ1n) is 8.54. The zero-order valence-electron chi connectivity index (χ0n) is 16.1. The maximum atomic E-state index is 13.1. The van der Waals surface area contributed by atoms with Crippen molar-refractivity contribution in [3.63, 3.8) is 0 Å². The molecule has 1 aliphatic rings. The number of carbonyl (C=O) groups excluding carboxylic acids is 2. The normalized spacial score (nSPS) is 16.0. The summed E-state index contributed by atoms with van der Waals surface area (Å²) in [6.07, 6.45) is 1.53. The minimum absolute atomic E-state index is 0.0175. The van der Waals surface area contributed by atoms with Gasteiger partial charge in [0.2, 0.25) is 0 Å². The Labute approximate surface area is 169 Å². The van der Waals surface area contributed by atoms with Crippen molar-refractivity contribution >= 4 is 40.9 Å². The highest BCUT2D eigenvalue weighted by Gasteiger charge is 2.38. The number of hydrogen-bond donors (Lipinski definition) is 0. The minimum atomic E-state index is -0.466. The molecule has 1 saturated heterocycles. The van der Waals surface area contributed by atoms with Gasteiger partial charge in [-0.1, -0.05) is 23.8 Å². The van der Waals surface area contributed by atoms with E-state index in [-0.39, 0.29) is 10.7 Å². The predicted octanol–water partition coefficient (Wildman–Crippen LogP) is 3.19. The maximum absolute atomic E-state index is 13.1. The monoisotopic (exact) mass is 396 g/mol. The van der Waals surface area contributed by atoms with Crippen molar-refractivity contribution in [2.24, 2.45) is 0 Å². The van der Waals surface area contributed by atoms with E-state index in [2.05, 4.69) is 0 Å². The second-order valence-corrected chi connectivity index (χ2v) is 6.66. The molecule has 0 radical (unpaired) electrons. The highest BCUT2D eigenvalue weighted by atomic mass is 32.1. The number of anilines is 1. The van der Waals surface area contributed by atoms with Crippen LogP contribution in [0.1, 0.15) is 11.1 Å². The van der Waals surface area contributed by atoms with E-state index in [1.807, 2.05) is 19.1 Å². The highest BCUT2D eigenvalue weighted by molar-refractivity contribution is 7.80. The molecule has 0 aliphatic carbocycles. The Morgan fingerprint density at radius 1 is 0.929 bits per heavy atom. The Bertz CT molecular complexity index is 982. The Balaban J connectivity index is 2.05. The molecule has 1 aliphatic heterocycles. The van der Waals surface area contributed by atoms with Crippen molar-refractivity contribution in [2.45, 2.75) is 6.92 Å². The van der Waals surface area contributed by atoms with Gasteiger partial charge in [0.25, 0.3) is 11.8 Å². The third kappa shape index (κ3) is 3.48. The number of likely N-dealkylation sites (N-methyl/N-ethyl adjacent to an activating group) is 1. The Morgan fingerprint density at radius 3 is 2.18 bits per heavy atom. The largest absolute Gasteiger partial charge is 0.493 e. The average Bonchev–Trinajstić information content (AvgIpc) is 2.71. The molecular weight excluding hydrogens is 376 g/mol. The van der Waals surface area contributed by atoms with Gasteiger partial charge in [0.1, 0.15) is 5.57 Å². The Morgan fingerprint density at radius 2 is 1.57 bits per heavy atom. The topological polar surface area (TPSA) is 59.1 Å². The Hall–Kier alpha value is -3.19. The number of methoxy groups -OCH3 is 2. The summed E-state index contributed by atoms with van der Waals surface area (Å²) in [4.78, 5) is 28.5. The van der Waals surface area contributed by atoms with E-state index in [9.17, 15) is 9.59 Å². The number of thiocarbonyl (C=S) groups is 1. The molecule has 1 heterocycles. The molecule has 0 saturated carbocycles. The molecule has 0 N–H and O–H groups in total. The van der Waals surface area contributed by atoms with Gasteiger partial charge in [-0.05, 0) is 55.0 Å². The van der Waals surface area contributed by atoms with Gasteiger partial charge in [-0.15, -0.1) is 0 Å². The number of aryl methyl sites for hydroxylation is 1. The minimum Gasteiger partial charge on any atom is -0.493 e. The number of carbonyl (C=O) groups is 2. The van der Waals surface area contributed by atoms with Crippen LogP contribution in [0.5, 0.6) is 11.5 Å². The first-order valence-corrected chi connectivity index (χ1v) is 8.95. The lowest BCUT2D eigenvalue weighted by Gasteiger charge is -2.34. The van der Waals surface area contributed by atoms with Crippen molar-refractivity contribution in [1.29, 1.82) is 0 Å². The van der Waals surface area contributed by atoms with E-state index in [4.69, 9.17) is 21.7 Å². The van der Waals surface area contributed by atoms with E-state index < -0.39 is 11.8 Å². The van der Waals surface area contributed by atoms with Crippen molar-refractivity contribution in [1.82, 2.24) is 4.90 Å². The van der Waals surface area contributed by atoms with Crippen molar-refractivity contribution < 1.29 is 19.1 Å². The zero-order chi connectivity index (χ0) is 20.4. The summed E-state index contributed by atoms with van der Waals surface area (Å²) >= 11 is 5.36. The smallest absolute Gasteiger partial charge is 0.270 e. The highest BCUT2D eigenvalue weighted by Crippen LogP contribution is 2.30. The van der Waals surface area contributed by atoms with E-state index in [0.29, 0.717) is 22.7 Å². The van der Waals surface area contributed by atoms with Gasteiger partial charge < -0.3 is 9.47 Å². The SMILES string of the molecule is COc1ccc(C=C2C(=O)N(C)C(=S)N(c3ccc(C)cc3)C2=O)cc1OC. The van der Waals surface area contributed by atoms with Crippen LogP contribution in [0.2, 0.25) is 0 Å². The van der Waals surface area contributed by atoms with Crippen LogP contribution in [0.15, 0.2) is 48.0 Å². The molecule has 7 heteroatoms. The number of amides is 2. The van der Waals surface area contributed by atoms with Gasteiger partial charge in [-0.3, -0.25) is 19.4 Å². The standard InChI is InChI=1S/C21H20N2O4S/c1-13-5-8-15(9-6-13)23-20(25)16(19(24)22(2)21(23)28)11-14-7-10-17(26-3)18(12-14)27-4/h5-12H,1-4H3. The van der Waals surface area contributed by atoms with Crippen LogP contribution < -0.4 is 14.4 Å². The van der Waals surface area contributed by atoms with Crippen LogP contribution in [0.25, 0.3) is 6.08 Å². The Kier molecular flexibility index (Phi) is 5.46. The molecule has 1 fully saturated rings. The van der Waals surface area contributed by atoms with Crippen molar-refractivity contribution in [3.05, 3.63) is 59.2 Å². The summed E-state index contributed by atoms with van der Waals surface area (Å²) in [5.74, 6) is 0.150. The lowest BCUT2D eigenvalue weighted by atomic mass is 10.1. The molecule has 0 unspecified atom stereocenters. The van der Waals surface area contributed by atoms with E-state index in [1.54, 1.807) is 44.5 Å². The van der Waals surface area contributed by atoms with Gasteiger partial charge in [-0.25, -0.2) is 0 Å². The van der Waals surface area contributed by atoms with E-state index in [0.717, 1.165) is 5.56 Å². The second kappa shape index (κ2) is 7.82. The third-order valence-corrected chi connectivity index (χ3v) is 4.91. The maximum Gasteiger partial charge on any atom is 0.270 e. The first-order chi connectivity index (χ1) is 13.4. The summed E-state index contributed by atoms with van der Waals surface area (Å²) in [7, 11) is 4.62. The van der Waals surface area contributed by atoms with Crippen LogP contribution in [0, 0.1) is 6.92 Å². The lowest BCUT2D eigenvalue weighted by Crippen LogP contribution is -2.54. The fourth-order valence-corrected chi connectivity index (χ4v) is 3.14. The van der Waals surface area contributed by atoms with Crippen LogP contribution in [0.4, 0.5) is 5.69 Å². The molecule has 2 amide bonds. The molecular formula is C21H20N2O4S. The average molecular weight is 396 g/mol. The second-order valence-electron chi connectivity index (χ2n) is 6.30.